The van der Waals surface area contributed by atoms with E-state index >= 15 is 0 Å². The fraction of sp³-hybridized carbons (Fsp3) is 0.367. The number of amides is 3. The number of nitrogens with one attached hydrogen (secondary N) is 3. The average Bonchev–Trinajstić information content (AvgIpc) is 2.88. The predicted octanol–water partition coefficient (Wildman–Crippen LogP) is 6.51. The van der Waals surface area contributed by atoms with E-state index in [1.807, 2.05) is 57.2 Å². The third kappa shape index (κ3) is 6.53. The molecular formula is C30H33F2N3O4. The summed E-state index contributed by atoms with van der Waals surface area (Å²) in [4.78, 5) is 39.2. The Morgan fingerprint density at radius 2 is 1.51 bits per heavy atom. The first-order valence-electron chi connectivity index (χ1n) is 12.9. The van der Waals surface area contributed by atoms with Crippen molar-refractivity contribution in [2.45, 2.75) is 58.4 Å². The van der Waals surface area contributed by atoms with Crippen molar-refractivity contribution in [2.75, 3.05) is 17.7 Å². The summed E-state index contributed by atoms with van der Waals surface area (Å²) < 4.78 is 32.4. The van der Waals surface area contributed by atoms with Crippen molar-refractivity contribution in [2.24, 2.45) is 5.92 Å². The molecule has 0 spiro atoms. The number of alkyl halides is 2. The molecule has 9 heteroatoms. The van der Waals surface area contributed by atoms with Crippen molar-refractivity contribution in [3.05, 3.63) is 70.8 Å². The van der Waals surface area contributed by atoms with Crippen LogP contribution >= 0.6 is 0 Å². The summed E-state index contributed by atoms with van der Waals surface area (Å²) in [7, 11) is 1.20. The number of anilines is 2. The second-order valence-electron chi connectivity index (χ2n) is 10.3. The Kier molecular flexibility index (Phi) is 8.18. The van der Waals surface area contributed by atoms with Gasteiger partial charge in [-0.05, 0) is 73.6 Å². The molecule has 0 bridgehead atoms. The molecule has 206 valence electrons. The molecule has 0 saturated heterocycles. The number of methoxy groups -OCH3 is 1. The molecule has 7 nitrogen and oxygen atoms in total. The molecule has 0 aliphatic heterocycles. The topological polar surface area (TPSA) is 96.5 Å². The molecule has 0 aromatic heterocycles. The summed E-state index contributed by atoms with van der Waals surface area (Å²) in [6, 6.07) is 13.0. The Morgan fingerprint density at radius 1 is 0.923 bits per heavy atom. The molecule has 39 heavy (non-hydrogen) atoms. The second-order valence-corrected chi connectivity index (χ2v) is 10.3. The maximum Gasteiger partial charge on any atom is 0.328 e. The lowest BCUT2D eigenvalue weighted by molar-refractivity contribution is -0.146. The number of carbonyl (C=O) groups excluding carboxylic acids is 3. The summed E-state index contributed by atoms with van der Waals surface area (Å²) >= 11 is 0. The lowest BCUT2D eigenvalue weighted by Crippen LogP contribution is -2.48. The Morgan fingerprint density at radius 3 is 2.10 bits per heavy atom. The highest BCUT2D eigenvalue weighted by molar-refractivity contribution is 6.10. The number of aryl methyl sites for hydroxylation is 3. The van der Waals surface area contributed by atoms with E-state index in [0.717, 1.165) is 27.5 Å². The molecule has 3 aromatic rings. The highest BCUT2D eigenvalue weighted by Gasteiger charge is 2.41. The van der Waals surface area contributed by atoms with Crippen LogP contribution in [0.3, 0.4) is 0 Å². The third-order valence-electron chi connectivity index (χ3n) is 7.27. The molecule has 3 aromatic carbocycles. The van der Waals surface area contributed by atoms with Gasteiger partial charge in [0.15, 0.2) is 0 Å². The first-order chi connectivity index (χ1) is 18.5. The zero-order valence-electron chi connectivity index (χ0n) is 22.5. The normalized spacial score (nSPS) is 15.8. The highest BCUT2D eigenvalue weighted by Crippen LogP contribution is 2.38. The predicted molar refractivity (Wildman–Crippen MR) is 147 cm³/mol. The summed E-state index contributed by atoms with van der Waals surface area (Å²) in [6.45, 7) is 5.78. The van der Waals surface area contributed by atoms with Gasteiger partial charge in [-0.15, -0.1) is 0 Å². The molecule has 1 aliphatic rings. The number of benzene rings is 3. The van der Waals surface area contributed by atoms with Crippen molar-refractivity contribution in [3.63, 3.8) is 0 Å². The van der Waals surface area contributed by atoms with Crippen molar-refractivity contribution in [3.8, 4) is 0 Å². The van der Waals surface area contributed by atoms with Crippen LogP contribution in [0.5, 0.6) is 0 Å². The van der Waals surface area contributed by atoms with Crippen LogP contribution in [-0.2, 0) is 9.53 Å². The van der Waals surface area contributed by atoms with E-state index < -0.39 is 35.8 Å². The number of rotatable bonds is 6. The van der Waals surface area contributed by atoms with Gasteiger partial charge in [0.05, 0.1) is 18.4 Å². The average molecular weight is 538 g/mol. The van der Waals surface area contributed by atoms with Gasteiger partial charge in [-0.1, -0.05) is 42.0 Å². The largest absolute Gasteiger partial charge is 0.467 e. The van der Waals surface area contributed by atoms with Gasteiger partial charge in [0.2, 0.25) is 5.92 Å². The molecular weight excluding hydrogens is 504 g/mol. The minimum atomic E-state index is -2.78. The lowest BCUT2D eigenvalue weighted by Gasteiger charge is -2.32. The number of carbonyl (C=O) groups is 3. The maximum absolute atomic E-state index is 13.8. The maximum atomic E-state index is 13.8. The van der Waals surface area contributed by atoms with E-state index in [1.54, 1.807) is 12.1 Å². The second kappa shape index (κ2) is 11.4. The molecule has 1 fully saturated rings. The van der Waals surface area contributed by atoms with Gasteiger partial charge in [0.25, 0.3) is 5.91 Å². The van der Waals surface area contributed by atoms with E-state index in [-0.39, 0.29) is 36.9 Å². The van der Waals surface area contributed by atoms with Crippen LogP contribution in [-0.4, -0.2) is 37.0 Å². The molecule has 3 amide bonds. The molecule has 0 unspecified atom stereocenters. The van der Waals surface area contributed by atoms with Gasteiger partial charge in [-0.3, -0.25) is 4.79 Å². The number of urea groups is 1. The summed E-state index contributed by atoms with van der Waals surface area (Å²) in [6.07, 6.45) is -0.565. The zero-order valence-corrected chi connectivity index (χ0v) is 22.5. The number of hydrogen-bond acceptors (Lipinski definition) is 4. The zero-order chi connectivity index (χ0) is 28.3. The Bertz CT molecular complexity index is 1390. The Hall–Kier alpha value is -4.01. The highest BCUT2D eigenvalue weighted by atomic mass is 19.3. The monoisotopic (exact) mass is 537 g/mol. The molecule has 1 atom stereocenters. The summed E-state index contributed by atoms with van der Waals surface area (Å²) in [5, 5.41) is 9.91. The van der Waals surface area contributed by atoms with Crippen LogP contribution in [0.25, 0.3) is 10.8 Å². The fourth-order valence-electron chi connectivity index (χ4n) is 5.29. The number of halogens is 2. The fourth-order valence-corrected chi connectivity index (χ4v) is 5.29. The van der Waals surface area contributed by atoms with E-state index in [9.17, 15) is 23.2 Å². The molecule has 1 aliphatic carbocycles. The van der Waals surface area contributed by atoms with Crippen molar-refractivity contribution >= 4 is 40.1 Å². The Balaban J connectivity index is 1.62. The van der Waals surface area contributed by atoms with E-state index in [4.69, 9.17) is 4.74 Å². The minimum Gasteiger partial charge on any atom is -0.467 e. The summed E-state index contributed by atoms with van der Waals surface area (Å²) in [5.74, 6) is -4.59. The number of ether oxygens (including phenoxy) is 1. The van der Waals surface area contributed by atoms with E-state index in [2.05, 4.69) is 16.0 Å². The van der Waals surface area contributed by atoms with Crippen LogP contribution < -0.4 is 16.0 Å². The number of esters is 1. The van der Waals surface area contributed by atoms with Crippen LogP contribution in [0.2, 0.25) is 0 Å². The first kappa shape index (κ1) is 28.0. The quantitative estimate of drug-likeness (QED) is 0.313. The first-order valence-corrected chi connectivity index (χ1v) is 12.9. The van der Waals surface area contributed by atoms with Crippen LogP contribution in [0.15, 0.2) is 48.5 Å². The molecule has 0 heterocycles. The summed E-state index contributed by atoms with van der Waals surface area (Å²) in [5.41, 5.74) is 3.92. The smallest absolute Gasteiger partial charge is 0.328 e. The van der Waals surface area contributed by atoms with E-state index in [1.165, 1.54) is 7.11 Å². The number of hydrogen-bond donors (Lipinski definition) is 3. The van der Waals surface area contributed by atoms with Gasteiger partial charge in [-0.2, -0.15) is 0 Å². The molecule has 3 N–H and O–H groups in total. The van der Waals surface area contributed by atoms with Crippen molar-refractivity contribution in [1.29, 1.82) is 0 Å². The number of fused-ring (bicyclic) bond motifs is 1. The Labute approximate surface area is 226 Å². The lowest BCUT2D eigenvalue weighted by atomic mass is 9.82. The minimum absolute atomic E-state index is 0.0769. The van der Waals surface area contributed by atoms with Crippen molar-refractivity contribution < 1.29 is 27.9 Å². The molecule has 1 saturated carbocycles. The van der Waals surface area contributed by atoms with E-state index in [0.29, 0.717) is 5.69 Å². The molecule has 0 radical (unpaired) electrons. The van der Waals surface area contributed by atoms with Crippen molar-refractivity contribution in [1.82, 2.24) is 5.32 Å². The van der Waals surface area contributed by atoms with Crippen LogP contribution in [0.4, 0.5) is 25.0 Å². The van der Waals surface area contributed by atoms with Crippen LogP contribution in [0, 0.1) is 26.7 Å². The molecule has 4 rings (SSSR count). The van der Waals surface area contributed by atoms with Crippen LogP contribution in [0.1, 0.15) is 52.7 Å². The third-order valence-corrected chi connectivity index (χ3v) is 7.27. The van der Waals surface area contributed by atoms with Gasteiger partial charge in [0.1, 0.15) is 6.04 Å². The van der Waals surface area contributed by atoms with Gasteiger partial charge in [0, 0.05) is 18.5 Å². The van der Waals surface area contributed by atoms with Gasteiger partial charge < -0.3 is 20.7 Å². The standard InChI is InChI=1S/C30H33F2N3O4/c1-17-13-18(2)25(19(3)14-17)35-29(38)33-24-16-22-8-6-5-7-21(22)15-23(24)27(36)34-26(28(37)39-4)20-9-11-30(31,32)12-10-20/h5-8,13-16,20,26H,9-12H2,1-4H3,(H,34,36)(H2,33,35,38)/t26-/m0/s1. The SMILES string of the molecule is COC(=O)[C@@H](NC(=O)c1cc2ccccc2cc1NC(=O)Nc1c(C)cc(C)cc1C)C1CCC(F)(F)CC1. The van der Waals surface area contributed by atoms with Gasteiger partial charge >= 0.3 is 12.0 Å². The van der Waals surface area contributed by atoms with Gasteiger partial charge in [-0.25, -0.2) is 18.4 Å².